The third-order valence-electron chi connectivity index (χ3n) is 3.89. The van der Waals surface area contributed by atoms with E-state index in [0.717, 1.165) is 6.54 Å². The van der Waals surface area contributed by atoms with E-state index >= 15 is 0 Å². The Hall–Kier alpha value is -1.62. The summed E-state index contributed by atoms with van der Waals surface area (Å²) < 4.78 is 14.1. The fourth-order valence-electron chi connectivity index (χ4n) is 2.27. The van der Waals surface area contributed by atoms with Crippen molar-refractivity contribution in [3.8, 4) is 0 Å². The van der Waals surface area contributed by atoms with Gasteiger partial charge in [-0.25, -0.2) is 4.39 Å². The van der Waals surface area contributed by atoms with Gasteiger partial charge in [0.25, 0.3) is 0 Å². The highest BCUT2D eigenvalue weighted by Crippen LogP contribution is 2.50. The van der Waals surface area contributed by atoms with Gasteiger partial charge in [-0.05, 0) is 30.4 Å². The molecule has 0 bridgehead atoms. The number of nitrogens with zero attached hydrogens (tertiary/aromatic N) is 1. The highest BCUT2D eigenvalue weighted by atomic mass is 19.1. The lowest BCUT2D eigenvalue weighted by Gasteiger charge is -2.09. The molecule has 2 rings (SSSR count). The van der Waals surface area contributed by atoms with Gasteiger partial charge in [-0.1, -0.05) is 31.1 Å². The Bertz CT molecular complexity index is 499. The van der Waals surface area contributed by atoms with E-state index in [1.165, 1.54) is 12.5 Å². The van der Waals surface area contributed by atoms with E-state index < -0.39 is 5.82 Å². The number of amidine groups is 1. The number of rotatable bonds is 5. The Balaban J connectivity index is 1.97. The summed E-state index contributed by atoms with van der Waals surface area (Å²) in [7, 11) is 0. The molecule has 1 aliphatic carbocycles. The molecule has 104 valence electrons. The van der Waals surface area contributed by atoms with Crippen molar-refractivity contribution in [1.82, 2.24) is 5.32 Å². The SMILES string of the molecule is CC1(C)CC1CNCc1cccc(/C(N)=N/O)c1F. The molecule has 1 aromatic carbocycles. The maximum absolute atomic E-state index is 14.1. The molecule has 1 aromatic rings. The predicted octanol–water partition coefficient (Wildman–Crippen LogP) is 2.06. The molecule has 0 aromatic heterocycles. The molecule has 0 saturated heterocycles. The number of halogens is 1. The second-order valence-corrected chi connectivity index (χ2v) is 5.78. The van der Waals surface area contributed by atoms with Gasteiger partial charge in [-0.3, -0.25) is 0 Å². The topological polar surface area (TPSA) is 70.6 Å². The quantitative estimate of drug-likeness (QED) is 0.330. The first-order chi connectivity index (χ1) is 8.95. The van der Waals surface area contributed by atoms with Crippen molar-refractivity contribution in [3.05, 3.63) is 35.1 Å². The number of oxime groups is 1. The van der Waals surface area contributed by atoms with Crippen LogP contribution in [0.15, 0.2) is 23.4 Å². The molecule has 0 heterocycles. The monoisotopic (exact) mass is 265 g/mol. The average Bonchev–Trinajstić information content (AvgIpc) is 2.98. The molecular formula is C14H20FN3O. The van der Waals surface area contributed by atoms with Crippen LogP contribution in [0.25, 0.3) is 0 Å². The lowest BCUT2D eigenvalue weighted by atomic mass is 10.1. The summed E-state index contributed by atoms with van der Waals surface area (Å²) in [4.78, 5) is 0. The molecule has 19 heavy (non-hydrogen) atoms. The Morgan fingerprint density at radius 2 is 2.26 bits per heavy atom. The van der Waals surface area contributed by atoms with Gasteiger partial charge in [0.15, 0.2) is 5.84 Å². The van der Waals surface area contributed by atoms with E-state index in [2.05, 4.69) is 24.3 Å². The first-order valence-electron chi connectivity index (χ1n) is 6.41. The van der Waals surface area contributed by atoms with Crippen LogP contribution in [-0.2, 0) is 6.54 Å². The highest BCUT2D eigenvalue weighted by Gasteiger charge is 2.44. The van der Waals surface area contributed by atoms with Crippen LogP contribution in [0.5, 0.6) is 0 Å². The molecule has 1 atom stereocenters. The van der Waals surface area contributed by atoms with Crippen molar-refractivity contribution < 1.29 is 9.60 Å². The molecule has 0 aliphatic heterocycles. The van der Waals surface area contributed by atoms with E-state index in [1.807, 2.05) is 0 Å². The van der Waals surface area contributed by atoms with Gasteiger partial charge in [0.2, 0.25) is 0 Å². The van der Waals surface area contributed by atoms with Crippen LogP contribution in [0.3, 0.4) is 0 Å². The van der Waals surface area contributed by atoms with Crippen molar-refractivity contribution >= 4 is 5.84 Å². The van der Waals surface area contributed by atoms with E-state index in [0.29, 0.717) is 23.4 Å². The van der Waals surface area contributed by atoms with Gasteiger partial charge in [0.05, 0.1) is 5.56 Å². The number of hydrogen-bond acceptors (Lipinski definition) is 3. The molecule has 1 aliphatic rings. The molecule has 4 N–H and O–H groups in total. The lowest BCUT2D eigenvalue weighted by Crippen LogP contribution is -2.21. The number of nitrogens with one attached hydrogen (secondary N) is 1. The Kier molecular flexibility index (Phi) is 3.75. The Morgan fingerprint density at radius 1 is 1.58 bits per heavy atom. The summed E-state index contributed by atoms with van der Waals surface area (Å²) in [6, 6.07) is 4.90. The second-order valence-electron chi connectivity index (χ2n) is 5.78. The summed E-state index contributed by atoms with van der Waals surface area (Å²) in [5, 5.41) is 14.7. The minimum absolute atomic E-state index is 0.133. The first kappa shape index (κ1) is 13.8. The normalized spacial score (nSPS) is 21.4. The van der Waals surface area contributed by atoms with E-state index in [-0.39, 0.29) is 11.4 Å². The van der Waals surface area contributed by atoms with Gasteiger partial charge < -0.3 is 16.3 Å². The maximum Gasteiger partial charge on any atom is 0.173 e. The number of benzene rings is 1. The zero-order chi connectivity index (χ0) is 14.0. The van der Waals surface area contributed by atoms with E-state index in [9.17, 15) is 4.39 Å². The Morgan fingerprint density at radius 3 is 2.84 bits per heavy atom. The molecule has 1 saturated carbocycles. The summed E-state index contributed by atoms with van der Waals surface area (Å²) in [5.41, 5.74) is 6.51. The third-order valence-corrected chi connectivity index (χ3v) is 3.89. The van der Waals surface area contributed by atoms with Crippen molar-refractivity contribution in [2.24, 2.45) is 22.2 Å². The molecule has 0 radical (unpaired) electrons. The van der Waals surface area contributed by atoms with Gasteiger partial charge in [-0.2, -0.15) is 0 Å². The van der Waals surface area contributed by atoms with Crippen molar-refractivity contribution in [2.45, 2.75) is 26.8 Å². The highest BCUT2D eigenvalue weighted by molar-refractivity contribution is 5.97. The van der Waals surface area contributed by atoms with E-state index in [4.69, 9.17) is 10.9 Å². The van der Waals surface area contributed by atoms with Crippen LogP contribution >= 0.6 is 0 Å². The maximum atomic E-state index is 14.1. The third kappa shape index (κ3) is 3.04. The van der Waals surface area contributed by atoms with Crippen LogP contribution in [0.2, 0.25) is 0 Å². The fourth-order valence-corrected chi connectivity index (χ4v) is 2.27. The van der Waals surface area contributed by atoms with Crippen LogP contribution in [0.4, 0.5) is 4.39 Å². The fraction of sp³-hybridized carbons (Fsp3) is 0.500. The Labute approximate surface area is 112 Å². The summed E-state index contributed by atoms with van der Waals surface area (Å²) in [5.74, 6) is 0.0332. The lowest BCUT2D eigenvalue weighted by molar-refractivity contribution is 0.318. The largest absolute Gasteiger partial charge is 0.409 e. The minimum Gasteiger partial charge on any atom is -0.409 e. The molecule has 1 unspecified atom stereocenters. The van der Waals surface area contributed by atoms with Crippen LogP contribution < -0.4 is 11.1 Å². The summed E-state index contributed by atoms with van der Waals surface area (Å²) >= 11 is 0. The van der Waals surface area contributed by atoms with Gasteiger partial charge in [0.1, 0.15) is 5.82 Å². The van der Waals surface area contributed by atoms with Gasteiger partial charge >= 0.3 is 0 Å². The smallest absolute Gasteiger partial charge is 0.173 e. The van der Waals surface area contributed by atoms with Gasteiger partial charge in [-0.15, -0.1) is 0 Å². The molecule has 5 heteroatoms. The van der Waals surface area contributed by atoms with Crippen molar-refractivity contribution in [2.75, 3.05) is 6.54 Å². The second kappa shape index (κ2) is 5.17. The van der Waals surface area contributed by atoms with Crippen molar-refractivity contribution in [1.29, 1.82) is 0 Å². The summed E-state index contributed by atoms with van der Waals surface area (Å²) in [6.45, 7) is 5.81. The molecule has 0 amide bonds. The molecule has 0 spiro atoms. The number of nitrogens with two attached hydrogens (primary N) is 1. The summed E-state index contributed by atoms with van der Waals surface area (Å²) in [6.07, 6.45) is 1.21. The number of hydrogen-bond donors (Lipinski definition) is 3. The minimum atomic E-state index is -0.430. The van der Waals surface area contributed by atoms with Crippen LogP contribution in [-0.4, -0.2) is 17.6 Å². The predicted molar refractivity (Wildman–Crippen MR) is 72.5 cm³/mol. The van der Waals surface area contributed by atoms with Gasteiger partial charge in [0, 0.05) is 12.1 Å². The molecule has 1 fully saturated rings. The zero-order valence-corrected chi connectivity index (χ0v) is 11.3. The molecule has 4 nitrogen and oxygen atoms in total. The van der Waals surface area contributed by atoms with E-state index in [1.54, 1.807) is 12.1 Å². The van der Waals surface area contributed by atoms with Crippen LogP contribution in [0.1, 0.15) is 31.4 Å². The standard InChI is InChI=1S/C14H20FN3O/c1-14(2)6-10(14)8-17-7-9-4-3-5-11(12(9)15)13(16)18-19/h3-5,10,17,19H,6-8H2,1-2H3,(H2,16,18). The van der Waals surface area contributed by atoms with Crippen molar-refractivity contribution in [3.63, 3.8) is 0 Å². The average molecular weight is 265 g/mol. The molecular weight excluding hydrogens is 245 g/mol. The van der Waals surface area contributed by atoms with Crippen LogP contribution in [0, 0.1) is 17.2 Å². The zero-order valence-electron chi connectivity index (χ0n) is 11.3. The first-order valence-corrected chi connectivity index (χ1v) is 6.41.